The zero-order valence-corrected chi connectivity index (χ0v) is 9.22. The summed E-state index contributed by atoms with van der Waals surface area (Å²) in [6, 6.07) is 0. The van der Waals surface area contributed by atoms with Gasteiger partial charge >= 0.3 is 0 Å². The van der Waals surface area contributed by atoms with E-state index >= 15 is 0 Å². The van der Waals surface area contributed by atoms with Crippen LogP contribution < -0.4 is 11.1 Å². The zero-order valence-electron chi connectivity index (χ0n) is 9.22. The molecule has 0 spiro atoms. The van der Waals surface area contributed by atoms with Crippen LogP contribution in [0.1, 0.15) is 33.6 Å². The molecule has 0 heterocycles. The highest BCUT2D eigenvalue weighted by Gasteiger charge is 2.06. The van der Waals surface area contributed by atoms with Crippen LogP contribution in [0.5, 0.6) is 0 Å². The summed E-state index contributed by atoms with van der Waals surface area (Å²) in [4.78, 5) is 0. The van der Waals surface area contributed by atoms with Crippen LogP contribution in [0.25, 0.3) is 0 Å². The van der Waals surface area contributed by atoms with Crippen molar-refractivity contribution in [3.05, 3.63) is 23.5 Å². The highest BCUT2D eigenvalue weighted by atomic mass is 14.9. The van der Waals surface area contributed by atoms with Crippen LogP contribution in [0.2, 0.25) is 0 Å². The molecule has 0 aromatic heterocycles. The maximum absolute atomic E-state index is 5.71. The van der Waals surface area contributed by atoms with Gasteiger partial charge in [-0.05, 0) is 37.3 Å². The minimum absolute atomic E-state index is 0.636. The van der Waals surface area contributed by atoms with Gasteiger partial charge < -0.3 is 11.1 Å². The second-order valence-electron chi connectivity index (χ2n) is 3.15. The first-order valence-corrected chi connectivity index (χ1v) is 5.00. The summed E-state index contributed by atoms with van der Waals surface area (Å²) in [5.74, 6) is 1.37. The average Bonchev–Trinajstić information content (AvgIpc) is 2.17. The summed E-state index contributed by atoms with van der Waals surface area (Å²) in [6.45, 7) is 6.48. The van der Waals surface area contributed by atoms with Crippen molar-refractivity contribution in [2.45, 2.75) is 33.6 Å². The fourth-order valence-electron chi connectivity index (χ4n) is 1.45. The van der Waals surface area contributed by atoms with Gasteiger partial charge in [-0.1, -0.05) is 19.9 Å². The first kappa shape index (κ1) is 12.1. The molecular formula is C11H22N2. The van der Waals surface area contributed by atoms with Crippen LogP contribution >= 0.6 is 0 Å². The Morgan fingerprint density at radius 1 is 1.38 bits per heavy atom. The quantitative estimate of drug-likeness (QED) is 0.641. The summed E-state index contributed by atoms with van der Waals surface area (Å²) >= 11 is 0. The molecule has 0 amide bonds. The Balaban J connectivity index is 4.52. The predicted molar refractivity (Wildman–Crippen MR) is 59.2 cm³/mol. The molecule has 0 radical (unpaired) electrons. The molecule has 0 saturated heterocycles. The fraction of sp³-hybridized carbons (Fsp3) is 0.636. The van der Waals surface area contributed by atoms with Crippen molar-refractivity contribution in [1.29, 1.82) is 0 Å². The van der Waals surface area contributed by atoms with E-state index in [0.717, 1.165) is 5.82 Å². The second kappa shape index (κ2) is 6.58. The number of nitrogens with two attached hydrogens (primary N) is 1. The monoisotopic (exact) mass is 182 g/mol. The maximum Gasteiger partial charge on any atom is 0.0960 e. The van der Waals surface area contributed by atoms with Crippen LogP contribution in [0.4, 0.5) is 0 Å². The number of hydrogen-bond acceptors (Lipinski definition) is 2. The lowest BCUT2D eigenvalue weighted by molar-refractivity contribution is 0.581. The molecule has 0 atom stereocenters. The topological polar surface area (TPSA) is 38.0 Å². The van der Waals surface area contributed by atoms with E-state index in [9.17, 15) is 0 Å². The van der Waals surface area contributed by atoms with Gasteiger partial charge in [0.15, 0.2) is 0 Å². The lowest BCUT2D eigenvalue weighted by Crippen LogP contribution is -2.15. The Morgan fingerprint density at radius 2 is 1.92 bits per heavy atom. The highest BCUT2D eigenvalue weighted by Crippen LogP contribution is 2.19. The lowest BCUT2D eigenvalue weighted by atomic mass is 9.93. The molecule has 2 nitrogen and oxygen atoms in total. The van der Waals surface area contributed by atoms with Crippen LogP contribution in [0.15, 0.2) is 23.5 Å². The molecule has 3 N–H and O–H groups in total. The number of nitrogens with one attached hydrogen (secondary N) is 1. The van der Waals surface area contributed by atoms with Crippen molar-refractivity contribution in [3.8, 4) is 0 Å². The van der Waals surface area contributed by atoms with Crippen molar-refractivity contribution in [2.75, 3.05) is 7.05 Å². The van der Waals surface area contributed by atoms with Gasteiger partial charge in [0, 0.05) is 7.05 Å². The van der Waals surface area contributed by atoms with Crippen molar-refractivity contribution in [2.24, 2.45) is 11.7 Å². The highest BCUT2D eigenvalue weighted by molar-refractivity contribution is 5.23. The molecule has 76 valence electrons. The van der Waals surface area contributed by atoms with E-state index in [0.29, 0.717) is 5.92 Å². The molecular weight excluding hydrogens is 160 g/mol. The van der Waals surface area contributed by atoms with Gasteiger partial charge in [0.2, 0.25) is 0 Å². The van der Waals surface area contributed by atoms with E-state index in [1.165, 1.54) is 18.4 Å². The standard InChI is InChI=1S/C11H22N2/c1-5-9(6-2)10(7-3)8-11(12)13-4/h7-9,13H,5-6,12H2,1-4H3/b10-7+,11-8-. The van der Waals surface area contributed by atoms with E-state index in [-0.39, 0.29) is 0 Å². The van der Waals surface area contributed by atoms with Crippen molar-refractivity contribution in [1.82, 2.24) is 5.32 Å². The van der Waals surface area contributed by atoms with Gasteiger partial charge in [-0.2, -0.15) is 0 Å². The normalized spacial score (nSPS) is 13.6. The van der Waals surface area contributed by atoms with Crippen LogP contribution in [-0.2, 0) is 0 Å². The van der Waals surface area contributed by atoms with E-state index < -0.39 is 0 Å². The Kier molecular flexibility index (Phi) is 6.11. The van der Waals surface area contributed by atoms with Crippen molar-refractivity contribution < 1.29 is 0 Å². The molecule has 13 heavy (non-hydrogen) atoms. The van der Waals surface area contributed by atoms with Crippen molar-refractivity contribution in [3.63, 3.8) is 0 Å². The van der Waals surface area contributed by atoms with Crippen LogP contribution in [0, 0.1) is 5.92 Å². The summed E-state index contributed by atoms with van der Waals surface area (Å²) in [5, 5.41) is 2.93. The summed E-state index contributed by atoms with van der Waals surface area (Å²) < 4.78 is 0. The van der Waals surface area contributed by atoms with Gasteiger partial charge in [0.05, 0.1) is 5.82 Å². The molecule has 0 aliphatic rings. The van der Waals surface area contributed by atoms with Gasteiger partial charge in [0.25, 0.3) is 0 Å². The van der Waals surface area contributed by atoms with E-state index in [1.807, 2.05) is 13.1 Å². The zero-order chi connectivity index (χ0) is 10.3. The van der Waals surface area contributed by atoms with Gasteiger partial charge in [0.1, 0.15) is 0 Å². The number of allylic oxidation sites excluding steroid dienone is 3. The summed E-state index contributed by atoms with van der Waals surface area (Å²) in [6.07, 6.45) is 6.51. The largest absolute Gasteiger partial charge is 0.386 e. The molecule has 0 aliphatic heterocycles. The van der Waals surface area contributed by atoms with Crippen LogP contribution in [-0.4, -0.2) is 7.05 Å². The summed E-state index contributed by atoms with van der Waals surface area (Å²) in [5.41, 5.74) is 7.04. The fourth-order valence-corrected chi connectivity index (χ4v) is 1.45. The van der Waals surface area contributed by atoms with Crippen LogP contribution in [0.3, 0.4) is 0 Å². The molecule has 0 fully saturated rings. The predicted octanol–water partition coefficient (Wildman–Crippen LogP) is 2.39. The molecule has 0 aromatic rings. The minimum Gasteiger partial charge on any atom is -0.386 e. The van der Waals surface area contributed by atoms with E-state index in [1.54, 1.807) is 0 Å². The van der Waals surface area contributed by atoms with E-state index in [4.69, 9.17) is 5.73 Å². The SMILES string of the molecule is C/C=C(\C=C(\N)NC)C(CC)CC. The Hall–Kier alpha value is -0.920. The molecule has 0 bridgehead atoms. The van der Waals surface area contributed by atoms with Gasteiger partial charge in [-0.15, -0.1) is 0 Å². The Morgan fingerprint density at radius 3 is 2.23 bits per heavy atom. The molecule has 0 aliphatic carbocycles. The average molecular weight is 182 g/mol. The molecule has 2 heteroatoms. The Bertz CT molecular complexity index is 188. The first-order valence-electron chi connectivity index (χ1n) is 5.00. The molecule has 0 saturated carbocycles. The first-order chi connectivity index (χ1) is 6.19. The Labute approximate surface area is 81.9 Å². The third kappa shape index (κ3) is 4.02. The minimum atomic E-state index is 0.636. The maximum atomic E-state index is 5.71. The third-order valence-corrected chi connectivity index (χ3v) is 2.40. The molecule has 0 rings (SSSR count). The molecule has 0 aromatic carbocycles. The number of rotatable bonds is 5. The number of hydrogen-bond donors (Lipinski definition) is 2. The lowest BCUT2D eigenvalue weighted by Gasteiger charge is -2.14. The summed E-state index contributed by atoms with van der Waals surface area (Å²) in [7, 11) is 1.84. The van der Waals surface area contributed by atoms with E-state index in [2.05, 4.69) is 32.2 Å². The van der Waals surface area contributed by atoms with Gasteiger partial charge in [-0.25, -0.2) is 0 Å². The third-order valence-electron chi connectivity index (χ3n) is 2.40. The van der Waals surface area contributed by atoms with Gasteiger partial charge in [-0.3, -0.25) is 0 Å². The second-order valence-corrected chi connectivity index (χ2v) is 3.15. The smallest absolute Gasteiger partial charge is 0.0960 e. The molecule has 0 unspecified atom stereocenters. The van der Waals surface area contributed by atoms with Crippen molar-refractivity contribution >= 4 is 0 Å².